The maximum absolute atomic E-state index is 5.24. The molecule has 3 N–H and O–H groups in total. The molecule has 0 aliphatic rings. The van der Waals surface area contributed by atoms with E-state index in [0.29, 0.717) is 6.04 Å². The summed E-state index contributed by atoms with van der Waals surface area (Å²) >= 11 is 1.72. The van der Waals surface area contributed by atoms with Crippen molar-refractivity contribution in [3.8, 4) is 0 Å². The lowest BCUT2D eigenvalue weighted by atomic mass is 10.1. The lowest BCUT2D eigenvalue weighted by Crippen LogP contribution is -2.33. The Morgan fingerprint density at radius 3 is 3.10 bits per heavy atom. The third-order valence-corrected chi connectivity index (χ3v) is 2.14. The Kier molecular flexibility index (Phi) is 2.86. The molecule has 0 saturated heterocycles. The van der Waals surface area contributed by atoms with Gasteiger partial charge in [-0.2, -0.15) is 11.3 Å². The summed E-state index contributed by atoms with van der Waals surface area (Å²) in [7, 11) is 0. The average molecular weight is 156 g/mol. The Labute approximate surface area is 65.0 Å². The van der Waals surface area contributed by atoms with Crippen molar-refractivity contribution in [2.24, 2.45) is 5.84 Å². The summed E-state index contributed by atoms with van der Waals surface area (Å²) < 4.78 is 0. The van der Waals surface area contributed by atoms with Gasteiger partial charge in [0.1, 0.15) is 0 Å². The van der Waals surface area contributed by atoms with E-state index >= 15 is 0 Å². The molecule has 0 aliphatic heterocycles. The SMILES string of the molecule is CC(Cc1ccsc1)NN. The highest BCUT2D eigenvalue weighted by Crippen LogP contribution is 2.07. The highest BCUT2D eigenvalue weighted by Gasteiger charge is 1.99. The van der Waals surface area contributed by atoms with E-state index in [1.54, 1.807) is 11.3 Å². The van der Waals surface area contributed by atoms with Crippen molar-refractivity contribution < 1.29 is 0 Å². The van der Waals surface area contributed by atoms with Gasteiger partial charge in [-0.1, -0.05) is 0 Å². The molecule has 1 atom stereocenters. The number of hydrogen-bond acceptors (Lipinski definition) is 3. The summed E-state index contributed by atoms with van der Waals surface area (Å²) in [5.74, 6) is 5.24. The molecule has 1 aromatic rings. The fourth-order valence-electron chi connectivity index (χ4n) is 0.821. The Bertz CT molecular complexity index is 172. The topological polar surface area (TPSA) is 38.0 Å². The first-order valence-electron chi connectivity index (χ1n) is 3.30. The molecule has 0 saturated carbocycles. The number of rotatable bonds is 3. The van der Waals surface area contributed by atoms with Gasteiger partial charge >= 0.3 is 0 Å². The van der Waals surface area contributed by atoms with E-state index < -0.39 is 0 Å². The van der Waals surface area contributed by atoms with Gasteiger partial charge in [0.2, 0.25) is 0 Å². The predicted molar refractivity (Wildman–Crippen MR) is 44.8 cm³/mol. The molecule has 1 heterocycles. The highest BCUT2D eigenvalue weighted by molar-refractivity contribution is 7.07. The van der Waals surface area contributed by atoms with E-state index in [1.165, 1.54) is 5.56 Å². The molecule has 3 heteroatoms. The molecule has 1 aromatic heterocycles. The second-order valence-corrected chi connectivity index (χ2v) is 3.18. The van der Waals surface area contributed by atoms with Gasteiger partial charge in [-0.25, -0.2) is 0 Å². The Balaban J connectivity index is 2.40. The number of hydrogen-bond donors (Lipinski definition) is 2. The Morgan fingerprint density at radius 1 is 1.80 bits per heavy atom. The third-order valence-electron chi connectivity index (χ3n) is 1.41. The molecule has 0 bridgehead atoms. The fourth-order valence-corrected chi connectivity index (χ4v) is 1.50. The molecule has 0 fully saturated rings. The van der Waals surface area contributed by atoms with Crippen molar-refractivity contribution in [1.29, 1.82) is 0 Å². The van der Waals surface area contributed by atoms with Crippen molar-refractivity contribution >= 4 is 11.3 Å². The van der Waals surface area contributed by atoms with Crippen molar-refractivity contribution in [1.82, 2.24) is 5.43 Å². The first-order valence-corrected chi connectivity index (χ1v) is 4.24. The maximum Gasteiger partial charge on any atom is 0.0222 e. The first kappa shape index (κ1) is 7.72. The zero-order valence-electron chi connectivity index (χ0n) is 6.00. The summed E-state index contributed by atoms with van der Waals surface area (Å²) in [4.78, 5) is 0. The standard InChI is InChI=1S/C7H12N2S/c1-6(9-8)4-7-2-3-10-5-7/h2-3,5-6,9H,4,8H2,1H3. The van der Waals surface area contributed by atoms with Crippen LogP contribution in [0.2, 0.25) is 0 Å². The second-order valence-electron chi connectivity index (χ2n) is 2.40. The normalized spacial score (nSPS) is 13.4. The van der Waals surface area contributed by atoms with Crippen LogP contribution in [0, 0.1) is 0 Å². The van der Waals surface area contributed by atoms with Crippen molar-refractivity contribution in [2.45, 2.75) is 19.4 Å². The van der Waals surface area contributed by atoms with Gasteiger partial charge in [-0.3, -0.25) is 11.3 Å². The van der Waals surface area contributed by atoms with Crippen LogP contribution in [0.25, 0.3) is 0 Å². The van der Waals surface area contributed by atoms with Crippen LogP contribution in [0.1, 0.15) is 12.5 Å². The Morgan fingerprint density at radius 2 is 2.60 bits per heavy atom. The van der Waals surface area contributed by atoms with Crippen LogP contribution in [0.5, 0.6) is 0 Å². The van der Waals surface area contributed by atoms with Crippen LogP contribution in [0.3, 0.4) is 0 Å². The molecule has 0 aliphatic carbocycles. The minimum absolute atomic E-state index is 0.370. The van der Waals surface area contributed by atoms with E-state index in [1.807, 2.05) is 0 Å². The molecule has 1 rings (SSSR count). The third kappa shape index (κ3) is 2.10. The van der Waals surface area contributed by atoms with Crippen LogP contribution < -0.4 is 11.3 Å². The van der Waals surface area contributed by atoms with Crippen LogP contribution in [-0.4, -0.2) is 6.04 Å². The van der Waals surface area contributed by atoms with Gasteiger partial charge in [0.15, 0.2) is 0 Å². The smallest absolute Gasteiger partial charge is 0.0222 e. The summed E-state index contributed by atoms with van der Waals surface area (Å²) in [5.41, 5.74) is 4.06. The van der Waals surface area contributed by atoms with E-state index in [4.69, 9.17) is 5.84 Å². The monoisotopic (exact) mass is 156 g/mol. The zero-order valence-corrected chi connectivity index (χ0v) is 6.82. The molecule has 56 valence electrons. The number of nitrogens with two attached hydrogens (primary N) is 1. The first-order chi connectivity index (χ1) is 4.83. The van der Waals surface area contributed by atoms with E-state index in [0.717, 1.165) is 6.42 Å². The molecule has 1 unspecified atom stereocenters. The van der Waals surface area contributed by atoms with Crippen LogP contribution in [0.15, 0.2) is 16.8 Å². The molecular weight excluding hydrogens is 144 g/mol. The van der Waals surface area contributed by atoms with E-state index in [9.17, 15) is 0 Å². The maximum atomic E-state index is 5.24. The van der Waals surface area contributed by atoms with Gasteiger partial charge in [-0.05, 0) is 35.7 Å². The number of nitrogens with one attached hydrogen (secondary N) is 1. The largest absolute Gasteiger partial charge is 0.271 e. The average Bonchev–Trinajstić information content (AvgIpc) is 2.40. The van der Waals surface area contributed by atoms with Crippen molar-refractivity contribution in [3.05, 3.63) is 22.4 Å². The molecule has 0 radical (unpaired) electrons. The summed E-state index contributed by atoms with van der Waals surface area (Å²) in [6.07, 6.45) is 1.01. The summed E-state index contributed by atoms with van der Waals surface area (Å²) in [5, 5.41) is 4.23. The number of hydrazine groups is 1. The van der Waals surface area contributed by atoms with Gasteiger partial charge in [0.05, 0.1) is 0 Å². The van der Waals surface area contributed by atoms with Gasteiger partial charge < -0.3 is 0 Å². The fraction of sp³-hybridized carbons (Fsp3) is 0.429. The lowest BCUT2D eigenvalue weighted by molar-refractivity contribution is 0.568. The lowest BCUT2D eigenvalue weighted by Gasteiger charge is -2.06. The quantitative estimate of drug-likeness (QED) is 0.509. The summed E-state index contributed by atoms with van der Waals surface area (Å²) in [6, 6.07) is 2.49. The van der Waals surface area contributed by atoms with Crippen molar-refractivity contribution in [3.63, 3.8) is 0 Å². The van der Waals surface area contributed by atoms with E-state index in [2.05, 4.69) is 29.2 Å². The van der Waals surface area contributed by atoms with Gasteiger partial charge in [0, 0.05) is 6.04 Å². The minimum atomic E-state index is 0.370. The number of thiophene rings is 1. The van der Waals surface area contributed by atoms with Gasteiger partial charge in [0.25, 0.3) is 0 Å². The summed E-state index contributed by atoms with van der Waals surface area (Å²) in [6.45, 7) is 2.07. The highest BCUT2D eigenvalue weighted by atomic mass is 32.1. The zero-order chi connectivity index (χ0) is 7.40. The Hall–Kier alpha value is -0.380. The molecule has 0 amide bonds. The molecule has 0 spiro atoms. The predicted octanol–water partition coefficient (Wildman–Crippen LogP) is 1.14. The van der Waals surface area contributed by atoms with E-state index in [-0.39, 0.29) is 0 Å². The van der Waals surface area contributed by atoms with Crippen LogP contribution in [-0.2, 0) is 6.42 Å². The van der Waals surface area contributed by atoms with Crippen molar-refractivity contribution in [2.75, 3.05) is 0 Å². The molecule has 0 aromatic carbocycles. The van der Waals surface area contributed by atoms with Gasteiger partial charge in [-0.15, -0.1) is 0 Å². The van der Waals surface area contributed by atoms with Crippen LogP contribution in [0.4, 0.5) is 0 Å². The molecular formula is C7H12N2S. The minimum Gasteiger partial charge on any atom is -0.271 e. The molecule has 10 heavy (non-hydrogen) atoms. The molecule has 2 nitrogen and oxygen atoms in total. The second kappa shape index (κ2) is 3.71. The van der Waals surface area contributed by atoms with Crippen LogP contribution >= 0.6 is 11.3 Å².